The van der Waals surface area contributed by atoms with E-state index in [-0.39, 0.29) is 0 Å². The summed E-state index contributed by atoms with van der Waals surface area (Å²) in [6.07, 6.45) is 5.60. The van der Waals surface area contributed by atoms with Gasteiger partial charge in [0.05, 0.1) is 0 Å². The van der Waals surface area contributed by atoms with E-state index in [1.807, 2.05) is 0 Å². The zero-order chi connectivity index (χ0) is 12.4. The predicted molar refractivity (Wildman–Crippen MR) is 75.6 cm³/mol. The van der Waals surface area contributed by atoms with Crippen molar-refractivity contribution in [3.05, 3.63) is 35.9 Å². The van der Waals surface area contributed by atoms with E-state index in [0.717, 1.165) is 18.5 Å². The Morgan fingerprint density at radius 1 is 1.17 bits per heavy atom. The maximum Gasteiger partial charge on any atom is 0.0469 e. The van der Waals surface area contributed by atoms with Crippen molar-refractivity contribution in [3.8, 4) is 0 Å². The van der Waals surface area contributed by atoms with Crippen molar-refractivity contribution in [1.82, 2.24) is 10.2 Å². The first-order valence-electron chi connectivity index (χ1n) is 7.31. The first-order chi connectivity index (χ1) is 8.83. The number of hydrogen-bond acceptors (Lipinski definition) is 2. The van der Waals surface area contributed by atoms with Gasteiger partial charge in [-0.1, -0.05) is 30.3 Å². The van der Waals surface area contributed by atoms with E-state index in [4.69, 9.17) is 0 Å². The second-order valence-electron chi connectivity index (χ2n) is 5.99. The molecule has 2 fully saturated rings. The molecule has 18 heavy (non-hydrogen) atoms. The molecule has 0 saturated heterocycles. The minimum absolute atomic E-state index is 0.535. The number of rotatable bonds is 7. The lowest BCUT2D eigenvalue weighted by Gasteiger charge is -2.29. The Morgan fingerprint density at radius 2 is 1.89 bits per heavy atom. The molecule has 2 aliphatic carbocycles. The summed E-state index contributed by atoms with van der Waals surface area (Å²) in [5, 5.41) is 3.69. The molecule has 98 valence electrons. The van der Waals surface area contributed by atoms with Crippen LogP contribution in [0, 0.1) is 5.92 Å². The van der Waals surface area contributed by atoms with Crippen LogP contribution >= 0.6 is 0 Å². The Morgan fingerprint density at radius 3 is 2.50 bits per heavy atom. The summed E-state index contributed by atoms with van der Waals surface area (Å²) in [5.41, 5.74) is 1.45. The third-order valence-electron chi connectivity index (χ3n) is 4.14. The Hall–Kier alpha value is -0.860. The van der Waals surface area contributed by atoms with Gasteiger partial charge in [-0.05, 0) is 44.2 Å². The largest absolute Gasteiger partial charge is 0.312 e. The van der Waals surface area contributed by atoms with E-state index in [9.17, 15) is 0 Å². The highest BCUT2D eigenvalue weighted by atomic mass is 15.2. The Labute approximate surface area is 110 Å². The maximum atomic E-state index is 3.69. The van der Waals surface area contributed by atoms with Crippen molar-refractivity contribution in [2.45, 2.75) is 37.8 Å². The first kappa shape index (κ1) is 12.2. The first-order valence-corrected chi connectivity index (χ1v) is 7.31. The van der Waals surface area contributed by atoms with E-state index in [1.165, 1.54) is 37.8 Å². The molecule has 2 nitrogen and oxygen atoms in total. The molecule has 2 saturated carbocycles. The Bertz CT molecular complexity index is 368. The van der Waals surface area contributed by atoms with E-state index in [2.05, 4.69) is 47.6 Å². The van der Waals surface area contributed by atoms with Crippen LogP contribution in [0.2, 0.25) is 0 Å². The van der Waals surface area contributed by atoms with Gasteiger partial charge < -0.3 is 5.32 Å². The quantitative estimate of drug-likeness (QED) is 0.793. The molecule has 2 heteroatoms. The zero-order valence-corrected chi connectivity index (χ0v) is 11.3. The van der Waals surface area contributed by atoms with Crippen LogP contribution in [0.25, 0.3) is 0 Å². The molecule has 1 aromatic carbocycles. The van der Waals surface area contributed by atoms with Crippen LogP contribution in [0.15, 0.2) is 30.3 Å². The van der Waals surface area contributed by atoms with E-state index >= 15 is 0 Å². The van der Waals surface area contributed by atoms with Crippen molar-refractivity contribution < 1.29 is 0 Å². The van der Waals surface area contributed by atoms with Crippen LogP contribution < -0.4 is 5.32 Å². The second kappa shape index (κ2) is 5.41. The number of nitrogens with one attached hydrogen (secondary N) is 1. The van der Waals surface area contributed by atoms with E-state index in [1.54, 1.807) is 0 Å². The fraction of sp³-hybridized carbons (Fsp3) is 0.625. The molecule has 1 aromatic rings. The van der Waals surface area contributed by atoms with Crippen LogP contribution in [-0.2, 0) is 0 Å². The molecule has 2 aliphatic rings. The van der Waals surface area contributed by atoms with E-state index < -0.39 is 0 Å². The van der Waals surface area contributed by atoms with Crippen molar-refractivity contribution in [2.24, 2.45) is 5.92 Å². The standard InChI is InChI=1S/C16H24N2/c1-18(12-13-7-8-13)16(11-17-15-9-10-15)14-5-3-2-4-6-14/h2-6,13,15-17H,7-12H2,1H3. The summed E-state index contributed by atoms with van der Waals surface area (Å²) in [6, 6.07) is 12.3. The third-order valence-corrected chi connectivity index (χ3v) is 4.14. The monoisotopic (exact) mass is 244 g/mol. The van der Waals surface area contributed by atoms with Crippen molar-refractivity contribution >= 4 is 0 Å². The average molecular weight is 244 g/mol. The van der Waals surface area contributed by atoms with E-state index in [0.29, 0.717) is 6.04 Å². The molecule has 0 heterocycles. The summed E-state index contributed by atoms with van der Waals surface area (Å²) in [7, 11) is 2.28. The van der Waals surface area contributed by atoms with Gasteiger partial charge in [0, 0.05) is 25.2 Å². The van der Waals surface area contributed by atoms with Gasteiger partial charge in [-0.3, -0.25) is 4.90 Å². The molecule has 1 N–H and O–H groups in total. The predicted octanol–water partition coefficient (Wildman–Crippen LogP) is 2.82. The minimum Gasteiger partial charge on any atom is -0.312 e. The van der Waals surface area contributed by atoms with Crippen molar-refractivity contribution in [2.75, 3.05) is 20.1 Å². The van der Waals surface area contributed by atoms with Gasteiger partial charge in [0.1, 0.15) is 0 Å². The average Bonchev–Trinajstić information content (AvgIpc) is 3.25. The zero-order valence-electron chi connectivity index (χ0n) is 11.3. The molecule has 0 amide bonds. The lowest BCUT2D eigenvalue weighted by Crippen LogP contribution is -2.35. The van der Waals surface area contributed by atoms with Gasteiger partial charge in [0.2, 0.25) is 0 Å². The molecule has 1 unspecified atom stereocenters. The normalized spacial score (nSPS) is 21.2. The summed E-state index contributed by atoms with van der Waals surface area (Å²) in [5.74, 6) is 0.960. The van der Waals surface area contributed by atoms with Crippen LogP contribution in [-0.4, -0.2) is 31.1 Å². The number of likely N-dealkylation sites (N-methyl/N-ethyl adjacent to an activating group) is 1. The van der Waals surface area contributed by atoms with Gasteiger partial charge in [0.25, 0.3) is 0 Å². The molecule has 0 aliphatic heterocycles. The fourth-order valence-corrected chi connectivity index (χ4v) is 2.60. The number of benzene rings is 1. The number of hydrogen-bond donors (Lipinski definition) is 1. The van der Waals surface area contributed by atoms with Crippen LogP contribution in [0.5, 0.6) is 0 Å². The molecular weight excluding hydrogens is 220 g/mol. The minimum atomic E-state index is 0.535. The van der Waals surface area contributed by atoms with Crippen molar-refractivity contribution in [1.29, 1.82) is 0 Å². The highest BCUT2D eigenvalue weighted by Crippen LogP contribution is 2.32. The van der Waals surface area contributed by atoms with Crippen molar-refractivity contribution in [3.63, 3.8) is 0 Å². The summed E-state index contributed by atoms with van der Waals surface area (Å²) < 4.78 is 0. The highest BCUT2D eigenvalue weighted by Gasteiger charge is 2.28. The summed E-state index contributed by atoms with van der Waals surface area (Å²) in [6.45, 7) is 2.35. The molecule has 3 rings (SSSR count). The smallest absolute Gasteiger partial charge is 0.0469 e. The summed E-state index contributed by atoms with van der Waals surface area (Å²) >= 11 is 0. The molecule has 0 aromatic heterocycles. The van der Waals surface area contributed by atoms with Gasteiger partial charge in [-0.25, -0.2) is 0 Å². The fourth-order valence-electron chi connectivity index (χ4n) is 2.60. The van der Waals surface area contributed by atoms with Crippen LogP contribution in [0.1, 0.15) is 37.3 Å². The summed E-state index contributed by atoms with van der Waals surface area (Å²) in [4.78, 5) is 2.54. The topological polar surface area (TPSA) is 15.3 Å². The Kier molecular flexibility index (Phi) is 3.67. The lowest BCUT2D eigenvalue weighted by atomic mass is 10.1. The van der Waals surface area contributed by atoms with Crippen LogP contribution in [0.3, 0.4) is 0 Å². The lowest BCUT2D eigenvalue weighted by molar-refractivity contribution is 0.228. The molecular formula is C16H24N2. The second-order valence-corrected chi connectivity index (χ2v) is 5.99. The van der Waals surface area contributed by atoms with Gasteiger partial charge in [-0.15, -0.1) is 0 Å². The van der Waals surface area contributed by atoms with Gasteiger partial charge in [0.15, 0.2) is 0 Å². The molecule has 1 atom stereocenters. The molecule has 0 bridgehead atoms. The van der Waals surface area contributed by atoms with Gasteiger partial charge in [-0.2, -0.15) is 0 Å². The van der Waals surface area contributed by atoms with Gasteiger partial charge >= 0.3 is 0 Å². The third kappa shape index (κ3) is 3.33. The molecule has 0 spiro atoms. The molecule has 0 radical (unpaired) electrons. The Balaban J connectivity index is 1.64. The number of nitrogens with zero attached hydrogens (tertiary/aromatic N) is 1. The SMILES string of the molecule is CN(CC1CC1)C(CNC1CC1)c1ccccc1. The van der Waals surface area contributed by atoms with Crippen LogP contribution in [0.4, 0.5) is 0 Å². The highest BCUT2D eigenvalue weighted by molar-refractivity contribution is 5.19. The maximum absolute atomic E-state index is 3.69.